The first-order valence-corrected chi connectivity index (χ1v) is 12.9. The van der Waals surface area contributed by atoms with Crippen LogP contribution in [0.5, 0.6) is 0 Å². The van der Waals surface area contributed by atoms with Crippen molar-refractivity contribution in [3.05, 3.63) is 47.0 Å². The van der Waals surface area contributed by atoms with Gasteiger partial charge >= 0.3 is 0 Å². The number of nitrogens with two attached hydrogens (primary N) is 1. The van der Waals surface area contributed by atoms with Crippen molar-refractivity contribution in [3.63, 3.8) is 0 Å². The molecule has 2 atom stereocenters. The van der Waals surface area contributed by atoms with Crippen LogP contribution in [0.25, 0.3) is 11.1 Å². The fraction of sp³-hybridized carbons (Fsp3) is 0.400. The average molecular weight is 535 g/mol. The summed E-state index contributed by atoms with van der Waals surface area (Å²) in [5.74, 6) is -1.67. The van der Waals surface area contributed by atoms with Gasteiger partial charge in [-0.2, -0.15) is 16.8 Å². The molecular weight excluding hydrogens is 506 g/mol. The molecule has 0 saturated heterocycles. The Morgan fingerprint density at radius 2 is 1.47 bits per heavy atom. The third kappa shape index (κ3) is 10.8. The predicted molar refractivity (Wildman–Crippen MR) is 134 cm³/mol. The van der Waals surface area contributed by atoms with Crippen LogP contribution in [0.3, 0.4) is 0 Å². The summed E-state index contributed by atoms with van der Waals surface area (Å²) >= 11 is 0. The molecule has 2 rings (SSSR count). The Balaban J connectivity index is 0.00000544. The molecule has 0 saturated carbocycles. The van der Waals surface area contributed by atoms with Crippen molar-refractivity contribution in [1.29, 1.82) is 0 Å². The Labute approximate surface area is 244 Å². The van der Waals surface area contributed by atoms with E-state index in [1.54, 1.807) is 31.2 Å². The minimum absolute atomic E-state index is 0. The zero-order valence-corrected chi connectivity index (χ0v) is 25.3. The van der Waals surface area contributed by atoms with Crippen molar-refractivity contribution in [1.82, 2.24) is 0 Å². The molecule has 2 unspecified atom stereocenters. The Morgan fingerprint density at radius 3 is 2.00 bits per heavy atom. The molecule has 7 N–H and O–H groups in total. The van der Waals surface area contributed by atoms with Crippen LogP contribution < -0.4 is 11.1 Å². The molecule has 34 heavy (non-hydrogen) atoms. The van der Waals surface area contributed by atoms with Crippen LogP contribution in [0.2, 0.25) is 0 Å². The van der Waals surface area contributed by atoms with Gasteiger partial charge < -0.3 is 21.3 Å². The van der Waals surface area contributed by atoms with Gasteiger partial charge in [0.2, 0.25) is 0 Å². The Bertz CT molecular complexity index is 1190. The van der Waals surface area contributed by atoms with Crippen molar-refractivity contribution in [3.8, 4) is 11.1 Å². The first-order valence-electron chi connectivity index (χ1n) is 9.65. The van der Waals surface area contributed by atoms with E-state index in [9.17, 15) is 27.0 Å². The van der Waals surface area contributed by atoms with Crippen molar-refractivity contribution in [2.45, 2.75) is 32.5 Å². The van der Waals surface area contributed by atoms with Gasteiger partial charge in [-0.05, 0) is 59.9 Å². The van der Waals surface area contributed by atoms with Crippen molar-refractivity contribution >= 4 is 90.7 Å². The van der Waals surface area contributed by atoms with Gasteiger partial charge in [-0.25, -0.2) is 0 Å². The van der Waals surface area contributed by atoms with E-state index in [2.05, 4.69) is 5.32 Å². The first kappa shape index (κ1) is 33.8. The van der Waals surface area contributed by atoms with Crippen molar-refractivity contribution in [2.24, 2.45) is 0 Å². The van der Waals surface area contributed by atoms with Crippen LogP contribution in [-0.4, -0.2) is 126 Å². The monoisotopic (exact) mass is 534 g/mol. The van der Waals surface area contributed by atoms with E-state index in [-0.39, 0.29) is 72.1 Å². The second kappa shape index (κ2) is 13.9. The van der Waals surface area contributed by atoms with E-state index in [0.717, 1.165) is 11.1 Å². The molecule has 2 radical (unpaired) electrons. The SMILES string of the molecule is Cc1cc(-c2ccc(NCC(O)CS(=O)(=O)O)c(C)c2CC(O)CS(=O)(=O)O)ccc1N.[Na].[Na]. The summed E-state index contributed by atoms with van der Waals surface area (Å²) < 4.78 is 62.1. The molecule has 0 aliphatic carbocycles. The van der Waals surface area contributed by atoms with E-state index < -0.39 is 43.9 Å². The number of anilines is 2. The molecule has 0 heterocycles. The van der Waals surface area contributed by atoms with Crippen LogP contribution in [0.1, 0.15) is 16.7 Å². The van der Waals surface area contributed by atoms with E-state index in [0.29, 0.717) is 28.1 Å². The molecular formula is C20H28N2Na2O8S2. The molecule has 0 spiro atoms. The van der Waals surface area contributed by atoms with E-state index >= 15 is 0 Å². The third-order valence-electron chi connectivity index (χ3n) is 4.95. The second-order valence-electron chi connectivity index (χ2n) is 7.73. The van der Waals surface area contributed by atoms with Crippen LogP contribution in [-0.2, 0) is 26.7 Å². The smallest absolute Gasteiger partial charge is 0.267 e. The molecule has 0 amide bonds. The molecule has 0 aromatic heterocycles. The number of aryl methyl sites for hydroxylation is 1. The van der Waals surface area contributed by atoms with Gasteiger partial charge in [0.15, 0.2) is 0 Å². The average Bonchev–Trinajstić information content (AvgIpc) is 2.62. The maximum absolute atomic E-state index is 11.2. The van der Waals surface area contributed by atoms with Crippen LogP contribution in [0.15, 0.2) is 30.3 Å². The maximum Gasteiger partial charge on any atom is 0.267 e. The molecule has 10 nitrogen and oxygen atoms in total. The van der Waals surface area contributed by atoms with E-state index in [4.69, 9.17) is 14.8 Å². The van der Waals surface area contributed by atoms with Gasteiger partial charge in [-0.1, -0.05) is 12.1 Å². The summed E-state index contributed by atoms with van der Waals surface area (Å²) in [6.45, 7) is 3.39. The molecule has 14 heteroatoms. The number of hydrogen-bond acceptors (Lipinski definition) is 8. The Hall–Kier alpha value is -0.220. The number of nitrogen functional groups attached to an aromatic ring is 1. The molecule has 0 aliphatic rings. The number of hydrogen-bond donors (Lipinski definition) is 6. The molecule has 180 valence electrons. The van der Waals surface area contributed by atoms with Crippen LogP contribution >= 0.6 is 0 Å². The molecule has 0 bridgehead atoms. The van der Waals surface area contributed by atoms with Gasteiger partial charge in [0.25, 0.3) is 20.2 Å². The maximum atomic E-state index is 11.2. The fourth-order valence-electron chi connectivity index (χ4n) is 3.39. The van der Waals surface area contributed by atoms with Gasteiger partial charge in [-0.15, -0.1) is 0 Å². The molecule has 2 aromatic rings. The predicted octanol–water partition coefficient (Wildman–Crippen LogP) is 0.243. The quantitative estimate of drug-likeness (QED) is 0.140. The summed E-state index contributed by atoms with van der Waals surface area (Å²) in [7, 11) is -8.73. The van der Waals surface area contributed by atoms with Crippen LogP contribution in [0.4, 0.5) is 11.4 Å². The van der Waals surface area contributed by atoms with Gasteiger partial charge in [0.05, 0.1) is 12.2 Å². The van der Waals surface area contributed by atoms with Gasteiger partial charge in [0, 0.05) is 83.5 Å². The summed E-state index contributed by atoms with van der Waals surface area (Å²) in [4.78, 5) is 0. The van der Waals surface area contributed by atoms with Crippen LogP contribution in [0, 0.1) is 13.8 Å². The largest absolute Gasteiger partial charge is 0.399 e. The van der Waals surface area contributed by atoms with Gasteiger partial charge in [-0.3, -0.25) is 9.11 Å². The number of rotatable bonds is 10. The van der Waals surface area contributed by atoms with E-state index in [1.807, 2.05) is 13.0 Å². The number of aliphatic hydroxyl groups is 2. The van der Waals surface area contributed by atoms with Gasteiger partial charge in [0.1, 0.15) is 11.5 Å². The second-order valence-corrected chi connectivity index (χ2v) is 10.7. The summed E-state index contributed by atoms with van der Waals surface area (Å²) in [6, 6.07) is 8.82. The molecule has 0 fully saturated rings. The topological polar surface area (TPSA) is 187 Å². The number of aliphatic hydroxyl groups excluding tert-OH is 2. The van der Waals surface area contributed by atoms with Crippen molar-refractivity contribution in [2.75, 3.05) is 29.1 Å². The standard InChI is InChI=1S/C20H28N2O8S2.2Na/c1-12-7-14(3-5-19(12)21)17-4-6-20(22-9-16(24)11-32(28,29)30)13(2)18(17)8-15(23)10-31(25,26)27;;/h3-7,15-16,22-24H,8-11,21H2,1-2H3,(H,25,26,27)(H,28,29,30);;. The minimum atomic E-state index is -4.39. The zero-order chi connectivity index (χ0) is 24.3. The first-order chi connectivity index (χ1) is 14.7. The summed E-state index contributed by atoms with van der Waals surface area (Å²) in [5.41, 5.74) is 10.6. The third-order valence-corrected chi connectivity index (χ3v) is 6.57. The summed E-state index contributed by atoms with van der Waals surface area (Å²) in [5, 5.41) is 23.0. The molecule has 2 aromatic carbocycles. The van der Waals surface area contributed by atoms with E-state index in [1.165, 1.54) is 0 Å². The number of nitrogens with one attached hydrogen (secondary N) is 1. The summed E-state index contributed by atoms with van der Waals surface area (Å²) in [6.07, 6.45) is -2.83. The molecule has 0 aliphatic heterocycles. The number of benzene rings is 2. The van der Waals surface area contributed by atoms with Crippen molar-refractivity contribution < 1.29 is 36.2 Å². The Morgan fingerprint density at radius 1 is 0.912 bits per heavy atom. The zero-order valence-electron chi connectivity index (χ0n) is 19.7. The fourth-order valence-corrected chi connectivity index (χ4v) is 4.60. The Kier molecular flexibility index (Phi) is 13.8. The normalized spacial score (nSPS) is 13.4. The minimum Gasteiger partial charge on any atom is -0.399 e.